The highest BCUT2D eigenvalue weighted by atomic mass is 16.6. The van der Waals surface area contributed by atoms with Gasteiger partial charge in [-0.25, -0.2) is 0 Å². The van der Waals surface area contributed by atoms with E-state index < -0.39 is 0 Å². The fraction of sp³-hybridized carbons (Fsp3) is 0.455. The summed E-state index contributed by atoms with van der Waals surface area (Å²) in [5.41, 5.74) is 1.73. The number of methoxy groups -OCH3 is 1. The summed E-state index contributed by atoms with van der Waals surface area (Å²) in [6.07, 6.45) is 0. The maximum Gasteiger partial charge on any atom is 0.275 e. The molecule has 0 spiro atoms. The first-order chi connectivity index (χ1) is 7.06. The summed E-state index contributed by atoms with van der Waals surface area (Å²) in [5, 5.41) is 10.8. The molecular formula is C11H15NO3. The Balaban J connectivity index is 3.14. The molecule has 15 heavy (non-hydrogen) atoms. The Morgan fingerprint density at radius 2 is 2.13 bits per heavy atom. The summed E-state index contributed by atoms with van der Waals surface area (Å²) >= 11 is 0. The molecule has 0 aliphatic heterocycles. The first-order valence-corrected chi connectivity index (χ1v) is 4.82. The number of ether oxygens (including phenoxy) is 1. The van der Waals surface area contributed by atoms with Crippen molar-refractivity contribution in [1.82, 2.24) is 0 Å². The molecular weight excluding hydrogens is 194 g/mol. The van der Waals surface area contributed by atoms with Gasteiger partial charge in [0.1, 0.15) is 0 Å². The van der Waals surface area contributed by atoms with Crippen LogP contribution in [-0.4, -0.2) is 12.0 Å². The molecule has 0 aliphatic rings. The van der Waals surface area contributed by atoms with E-state index in [1.165, 1.54) is 7.11 Å². The van der Waals surface area contributed by atoms with Crippen molar-refractivity contribution in [3.8, 4) is 0 Å². The van der Waals surface area contributed by atoms with Crippen LogP contribution in [0.3, 0.4) is 0 Å². The second kappa shape index (κ2) is 4.89. The number of hydrogen-bond donors (Lipinski definition) is 0. The van der Waals surface area contributed by atoms with Crippen molar-refractivity contribution in [2.75, 3.05) is 7.11 Å². The van der Waals surface area contributed by atoms with Crippen LogP contribution in [0.2, 0.25) is 0 Å². The van der Waals surface area contributed by atoms with Crippen LogP contribution in [-0.2, 0) is 11.3 Å². The lowest BCUT2D eigenvalue weighted by molar-refractivity contribution is -0.386. The quantitative estimate of drug-likeness (QED) is 0.566. The SMILES string of the molecule is COCc1ccc(C(C)C)cc1[N+](=O)[O-]. The third-order valence-electron chi connectivity index (χ3n) is 2.27. The first-order valence-electron chi connectivity index (χ1n) is 4.82. The lowest BCUT2D eigenvalue weighted by Gasteiger charge is -2.07. The fourth-order valence-electron chi connectivity index (χ4n) is 1.39. The molecule has 0 aliphatic carbocycles. The highest BCUT2D eigenvalue weighted by molar-refractivity contribution is 5.43. The van der Waals surface area contributed by atoms with Gasteiger partial charge >= 0.3 is 0 Å². The minimum absolute atomic E-state index is 0.142. The van der Waals surface area contributed by atoms with Crippen molar-refractivity contribution in [2.45, 2.75) is 26.4 Å². The molecule has 0 fully saturated rings. The van der Waals surface area contributed by atoms with Gasteiger partial charge in [0.2, 0.25) is 0 Å². The molecule has 82 valence electrons. The normalized spacial score (nSPS) is 10.7. The van der Waals surface area contributed by atoms with E-state index in [4.69, 9.17) is 4.74 Å². The van der Waals surface area contributed by atoms with Gasteiger partial charge in [0, 0.05) is 13.2 Å². The Bertz CT molecular complexity index is 361. The summed E-state index contributed by atoms with van der Waals surface area (Å²) in [6, 6.07) is 5.29. The zero-order valence-corrected chi connectivity index (χ0v) is 9.19. The van der Waals surface area contributed by atoms with Gasteiger partial charge in [0.05, 0.1) is 17.1 Å². The lowest BCUT2D eigenvalue weighted by Crippen LogP contribution is -1.99. The van der Waals surface area contributed by atoms with Crippen LogP contribution >= 0.6 is 0 Å². The number of nitrogens with zero attached hydrogens (tertiary/aromatic N) is 1. The molecule has 0 radical (unpaired) electrons. The van der Waals surface area contributed by atoms with Crippen LogP contribution in [0, 0.1) is 10.1 Å². The molecule has 0 aromatic heterocycles. The van der Waals surface area contributed by atoms with Gasteiger partial charge in [-0.2, -0.15) is 0 Å². The molecule has 4 heteroatoms. The molecule has 0 unspecified atom stereocenters. The molecule has 0 saturated carbocycles. The van der Waals surface area contributed by atoms with Crippen molar-refractivity contribution in [2.24, 2.45) is 0 Å². The second-order valence-electron chi connectivity index (χ2n) is 3.73. The highest BCUT2D eigenvalue weighted by Gasteiger charge is 2.15. The predicted octanol–water partition coefficient (Wildman–Crippen LogP) is 2.86. The molecule has 0 atom stereocenters. The van der Waals surface area contributed by atoms with Gasteiger partial charge in [-0.15, -0.1) is 0 Å². The maximum absolute atomic E-state index is 10.8. The van der Waals surface area contributed by atoms with E-state index in [1.807, 2.05) is 19.9 Å². The summed E-state index contributed by atoms with van der Waals surface area (Å²) in [4.78, 5) is 10.5. The van der Waals surface area contributed by atoms with E-state index in [-0.39, 0.29) is 17.2 Å². The highest BCUT2D eigenvalue weighted by Crippen LogP contribution is 2.25. The Morgan fingerprint density at radius 1 is 1.47 bits per heavy atom. The monoisotopic (exact) mass is 209 g/mol. The van der Waals surface area contributed by atoms with Gasteiger partial charge in [0.25, 0.3) is 5.69 Å². The largest absolute Gasteiger partial charge is 0.380 e. The molecule has 0 saturated heterocycles. The molecule has 1 aromatic carbocycles. The molecule has 0 bridgehead atoms. The second-order valence-corrected chi connectivity index (χ2v) is 3.73. The summed E-state index contributed by atoms with van der Waals surface area (Å²) < 4.78 is 4.91. The topological polar surface area (TPSA) is 52.4 Å². The van der Waals surface area contributed by atoms with Crippen LogP contribution in [0.1, 0.15) is 30.9 Å². The molecule has 0 amide bonds. The average Bonchev–Trinajstić information content (AvgIpc) is 2.18. The van der Waals surface area contributed by atoms with Gasteiger partial charge in [0.15, 0.2) is 0 Å². The minimum atomic E-state index is -0.361. The summed E-state index contributed by atoms with van der Waals surface area (Å²) in [7, 11) is 1.53. The van der Waals surface area contributed by atoms with Crippen molar-refractivity contribution < 1.29 is 9.66 Å². The maximum atomic E-state index is 10.8. The van der Waals surface area contributed by atoms with E-state index in [1.54, 1.807) is 12.1 Å². The van der Waals surface area contributed by atoms with Crippen LogP contribution in [0.15, 0.2) is 18.2 Å². The smallest absolute Gasteiger partial charge is 0.275 e. The van der Waals surface area contributed by atoms with Crippen LogP contribution < -0.4 is 0 Å². The number of nitro benzene ring substituents is 1. The zero-order chi connectivity index (χ0) is 11.4. The lowest BCUT2D eigenvalue weighted by atomic mass is 10.0. The number of hydrogen-bond acceptors (Lipinski definition) is 3. The molecule has 4 nitrogen and oxygen atoms in total. The number of benzene rings is 1. The van der Waals surface area contributed by atoms with Crippen LogP contribution in [0.5, 0.6) is 0 Å². The van der Waals surface area contributed by atoms with Gasteiger partial charge in [-0.3, -0.25) is 10.1 Å². The predicted molar refractivity (Wildman–Crippen MR) is 57.9 cm³/mol. The summed E-state index contributed by atoms with van der Waals surface area (Å²) in [6.45, 7) is 4.29. The molecule has 1 rings (SSSR count). The summed E-state index contributed by atoms with van der Waals surface area (Å²) in [5.74, 6) is 0.292. The van der Waals surface area contributed by atoms with E-state index in [0.29, 0.717) is 11.5 Å². The van der Waals surface area contributed by atoms with Crippen molar-refractivity contribution >= 4 is 5.69 Å². The fourth-order valence-corrected chi connectivity index (χ4v) is 1.39. The first kappa shape index (κ1) is 11.7. The molecule has 0 heterocycles. The third-order valence-corrected chi connectivity index (χ3v) is 2.27. The third kappa shape index (κ3) is 2.76. The van der Waals surface area contributed by atoms with E-state index in [9.17, 15) is 10.1 Å². The Morgan fingerprint density at radius 3 is 2.60 bits per heavy atom. The Kier molecular flexibility index (Phi) is 3.80. The van der Waals surface area contributed by atoms with Crippen molar-refractivity contribution in [3.63, 3.8) is 0 Å². The van der Waals surface area contributed by atoms with Gasteiger partial charge in [-0.05, 0) is 17.5 Å². The zero-order valence-electron chi connectivity index (χ0n) is 9.19. The minimum Gasteiger partial charge on any atom is -0.380 e. The van der Waals surface area contributed by atoms with Gasteiger partial charge in [-0.1, -0.05) is 19.9 Å². The Hall–Kier alpha value is -1.42. The van der Waals surface area contributed by atoms with Crippen LogP contribution in [0.4, 0.5) is 5.69 Å². The van der Waals surface area contributed by atoms with Crippen molar-refractivity contribution in [3.05, 3.63) is 39.4 Å². The average molecular weight is 209 g/mol. The molecule has 1 aromatic rings. The number of nitro groups is 1. The van der Waals surface area contributed by atoms with E-state index in [0.717, 1.165) is 5.56 Å². The van der Waals surface area contributed by atoms with Crippen molar-refractivity contribution in [1.29, 1.82) is 0 Å². The van der Waals surface area contributed by atoms with Gasteiger partial charge < -0.3 is 4.74 Å². The Labute approximate surface area is 89.0 Å². The standard InChI is InChI=1S/C11H15NO3/c1-8(2)9-4-5-10(7-15-3)11(6-9)12(13)14/h4-6,8H,7H2,1-3H3. The number of rotatable bonds is 4. The van der Waals surface area contributed by atoms with E-state index in [2.05, 4.69) is 0 Å². The van der Waals surface area contributed by atoms with Crippen LogP contribution in [0.25, 0.3) is 0 Å². The van der Waals surface area contributed by atoms with E-state index >= 15 is 0 Å². The molecule has 0 N–H and O–H groups in total.